The van der Waals surface area contributed by atoms with Crippen molar-refractivity contribution in [2.24, 2.45) is 7.05 Å². The minimum absolute atomic E-state index is 0.254. The summed E-state index contributed by atoms with van der Waals surface area (Å²) in [6.45, 7) is 0. The van der Waals surface area contributed by atoms with Crippen LogP contribution in [0.4, 0.5) is 11.5 Å². The highest BCUT2D eigenvalue weighted by molar-refractivity contribution is 6.05. The van der Waals surface area contributed by atoms with E-state index in [-0.39, 0.29) is 17.4 Å². The summed E-state index contributed by atoms with van der Waals surface area (Å²) in [4.78, 5) is 22.0. The Hall–Kier alpha value is -2.91. The van der Waals surface area contributed by atoms with E-state index >= 15 is 0 Å². The van der Waals surface area contributed by atoms with Gasteiger partial charge in [-0.1, -0.05) is 0 Å². The van der Waals surface area contributed by atoms with Gasteiger partial charge in [0.05, 0.1) is 12.0 Å². The number of methoxy groups -OCH3 is 1. The molecule has 0 atom stereocenters. The zero-order chi connectivity index (χ0) is 14.0. The fourth-order valence-corrected chi connectivity index (χ4v) is 1.45. The first-order valence-corrected chi connectivity index (χ1v) is 5.10. The molecule has 0 fully saturated rings. The summed E-state index contributed by atoms with van der Waals surface area (Å²) in [5.41, 5.74) is -0.816. The molecule has 0 aliphatic heterocycles. The van der Waals surface area contributed by atoms with Gasteiger partial charge in [-0.25, -0.2) is 0 Å². The maximum atomic E-state index is 11.9. The molecule has 2 aromatic rings. The van der Waals surface area contributed by atoms with Gasteiger partial charge in [0.15, 0.2) is 5.82 Å². The smallest absolute Gasteiger partial charge is 0.362 e. The lowest BCUT2D eigenvalue weighted by Gasteiger charge is -1.99. The minimum Gasteiger partial charge on any atom is -0.475 e. The van der Waals surface area contributed by atoms with E-state index in [1.54, 1.807) is 19.3 Å². The van der Waals surface area contributed by atoms with Gasteiger partial charge >= 0.3 is 11.6 Å². The highest BCUT2D eigenvalue weighted by atomic mass is 16.6. The molecule has 2 aromatic heterocycles. The Kier molecular flexibility index (Phi) is 3.14. The lowest BCUT2D eigenvalue weighted by molar-refractivity contribution is -0.386. The summed E-state index contributed by atoms with van der Waals surface area (Å²) in [5.74, 6) is -0.701. The number of rotatable bonds is 4. The highest BCUT2D eigenvalue weighted by Gasteiger charge is 2.30. The Bertz CT molecular complexity index is 630. The molecule has 0 saturated heterocycles. The number of carbonyl (C=O) groups excluding carboxylic acids is 1. The number of H-pyrrole nitrogens is 1. The summed E-state index contributed by atoms with van der Waals surface area (Å²) in [5, 5.41) is 23.0. The lowest BCUT2D eigenvalue weighted by atomic mass is 10.3. The number of hydrogen-bond donors (Lipinski definition) is 2. The van der Waals surface area contributed by atoms with Gasteiger partial charge in [0.1, 0.15) is 0 Å². The van der Waals surface area contributed by atoms with E-state index in [4.69, 9.17) is 4.74 Å². The topological polar surface area (TPSA) is 128 Å². The summed E-state index contributed by atoms with van der Waals surface area (Å²) in [7, 11) is 2.90. The Morgan fingerprint density at radius 3 is 2.89 bits per heavy atom. The van der Waals surface area contributed by atoms with Crippen LogP contribution in [-0.4, -0.2) is 37.9 Å². The number of nitrogens with one attached hydrogen (secondary N) is 2. The molecule has 100 valence electrons. The maximum absolute atomic E-state index is 11.9. The molecule has 2 rings (SSSR count). The number of anilines is 1. The molecule has 0 saturated carbocycles. The Morgan fingerprint density at radius 2 is 2.37 bits per heavy atom. The quantitative estimate of drug-likeness (QED) is 0.605. The third-order valence-corrected chi connectivity index (χ3v) is 2.27. The first-order valence-electron chi connectivity index (χ1n) is 5.10. The second-order valence-electron chi connectivity index (χ2n) is 3.54. The molecule has 10 heteroatoms. The Labute approximate surface area is 106 Å². The number of carbonyl (C=O) groups is 1. The molecule has 19 heavy (non-hydrogen) atoms. The van der Waals surface area contributed by atoms with E-state index in [1.165, 1.54) is 11.8 Å². The van der Waals surface area contributed by atoms with Crippen LogP contribution < -0.4 is 10.1 Å². The van der Waals surface area contributed by atoms with E-state index in [0.29, 0.717) is 0 Å². The molecule has 0 bridgehead atoms. The van der Waals surface area contributed by atoms with Crippen molar-refractivity contribution >= 4 is 17.4 Å². The molecule has 0 spiro atoms. The van der Waals surface area contributed by atoms with Gasteiger partial charge in [-0.15, -0.1) is 5.10 Å². The number of aryl methyl sites for hydroxylation is 1. The van der Waals surface area contributed by atoms with Crippen molar-refractivity contribution in [3.05, 3.63) is 28.1 Å². The molecular weight excluding hydrogens is 256 g/mol. The number of nitrogens with zero attached hydrogens (tertiary/aromatic N) is 4. The van der Waals surface area contributed by atoms with E-state index in [1.807, 2.05) is 0 Å². The summed E-state index contributed by atoms with van der Waals surface area (Å²) in [6, 6.07) is 1.55. The van der Waals surface area contributed by atoms with Gasteiger partial charge in [-0.2, -0.15) is 5.10 Å². The average molecular weight is 266 g/mol. The monoisotopic (exact) mass is 266 g/mol. The van der Waals surface area contributed by atoms with Gasteiger partial charge in [0.2, 0.25) is 5.69 Å². The zero-order valence-corrected chi connectivity index (χ0v) is 10.1. The van der Waals surface area contributed by atoms with Crippen molar-refractivity contribution in [3.63, 3.8) is 0 Å². The third-order valence-electron chi connectivity index (χ3n) is 2.27. The van der Waals surface area contributed by atoms with Crippen LogP contribution in [0.15, 0.2) is 12.3 Å². The molecule has 0 unspecified atom stereocenters. The second kappa shape index (κ2) is 4.76. The fourth-order valence-electron chi connectivity index (χ4n) is 1.45. The third kappa shape index (κ3) is 2.36. The highest BCUT2D eigenvalue weighted by Crippen LogP contribution is 2.27. The van der Waals surface area contributed by atoms with Crippen LogP contribution in [0.1, 0.15) is 10.5 Å². The average Bonchev–Trinajstić information content (AvgIpc) is 2.94. The van der Waals surface area contributed by atoms with Gasteiger partial charge in [0, 0.05) is 19.3 Å². The fraction of sp³-hybridized carbons (Fsp3) is 0.222. The molecular formula is C9H10N6O4. The van der Waals surface area contributed by atoms with E-state index in [2.05, 4.69) is 20.6 Å². The van der Waals surface area contributed by atoms with Crippen molar-refractivity contribution in [2.75, 3.05) is 12.4 Å². The second-order valence-corrected chi connectivity index (χ2v) is 3.54. The van der Waals surface area contributed by atoms with Crippen LogP contribution >= 0.6 is 0 Å². The maximum Gasteiger partial charge on any atom is 0.362 e. The molecule has 10 nitrogen and oxygen atoms in total. The van der Waals surface area contributed by atoms with Crippen LogP contribution in [-0.2, 0) is 7.05 Å². The Morgan fingerprint density at radius 1 is 1.63 bits per heavy atom. The number of aromatic amines is 1. The van der Waals surface area contributed by atoms with Crippen molar-refractivity contribution in [3.8, 4) is 5.88 Å². The summed E-state index contributed by atoms with van der Waals surface area (Å²) >= 11 is 0. The first-order chi connectivity index (χ1) is 9.02. The van der Waals surface area contributed by atoms with Crippen molar-refractivity contribution in [2.45, 2.75) is 0 Å². The molecule has 2 heterocycles. The molecule has 1 amide bonds. The molecule has 2 N–H and O–H groups in total. The van der Waals surface area contributed by atoms with Gasteiger partial charge in [-0.3, -0.25) is 24.7 Å². The largest absolute Gasteiger partial charge is 0.475 e. The lowest BCUT2D eigenvalue weighted by Crippen LogP contribution is -2.14. The molecule has 0 radical (unpaired) electrons. The van der Waals surface area contributed by atoms with Crippen molar-refractivity contribution < 1.29 is 14.5 Å². The molecule has 0 aromatic carbocycles. The Balaban J connectivity index is 2.29. The number of nitro groups is 1. The van der Waals surface area contributed by atoms with Crippen LogP contribution in [0, 0.1) is 10.1 Å². The van der Waals surface area contributed by atoms with E-state index in [9.17, 15) is 14.9 Å². The van der Waals surface area contributed by atoms with Gasteiger partial charge in [0.25, 0.3) is 5.91 Å². The van der Waals surface area contributed by atoms with Gasteiger partial charge < -0.3 is 10.1 Å². The van der Waals surface area contributed by atoms with E-state index < -0.39 is 16.5 Å². The number of amides is 1. The van der Waals surface area contributed by atoms with Crippen molar-refractivity contribution in [1.29, 1.82) is 0 Å². The standard InChI is InChI=1S/C9H10N6O4/c1-14-4-3-5(13-14)10-8(16)6-7(15(17)18)9(19-2)12-11-6/h3-4H,1-2H3,(H,11,12)(H,10,13,16). The van der Waals surface area contributed by atoms with Gasteiger partial charge in [-0.05, 0) is 0 Å². The molecule has 0 aliphatic rings. The van der Waals surface area contributed by atoms with Crippen LogP contribution in [0.5, 0.6) is 5.88 Å². The van der Waals surface area contributed by atoms with Crippen LogP contribution in [0.2, 0.25) is 0 Å². The summed E-state index contributed by atoms with van der Waals surface area (Å²) < 4.78 is 6.19. The van der Waals surface area contributed by atoms with Crippen molar-refractivity contribution in [1.82, 2.24) is 20.0 Å². The predicted octanol–water partition coefficient (Wildman–Crippen LogP) is 0.312. The SMILES string of the molecule is COc1n[nH]c(C(=O)Nc2ccn(C)n2)c1[N+](=O)[O-]. The summed E-state index contributed by atoms with van der Waals surface area (Å²) in [6.07, 6.45) is 1.62. The van der Waals surface area contributed by atoms with Crippen LogP contribution in [0.3, 0.4) is 0 Å². The number of hydrogen-bond acceptors (Lipinski definition) is 6. The molecule has 0 aliphatic carbocycles. The number of aromatic nitrogens is 4. The zero-order valence-electron chi connectivity index (χ0n) is 10.1. The minimum atomic E-state index is -0.740. The first kappa shape index (κ1) is 12.5. The predicted molar refractivity (Wildman–Crippen MR) is 63.0 cm³/mol. The number of ether oxygens (including phenoxy) is 1. The normalized spacial score (nSPS) is 10.2. The van der Waals surface area contributed by atoms with E-state index in [0.717, 1.165) is 0 Å². The van der Waals surface area contributed by atoms with Crippen LogP contribution in [0.25, 0.3) is 0 Å².